The van der Waals surface area contributed by atoms with Crippen LogP contribution in [0.25, 0.3) is 0 Å². The molecule has 0 aromatic carbocycles. The minimum absolute atomic E-state index is 0.0208. The van der Waals surface area contributed by atoms with Gasteiger partial charge in [-0.05, 0) is 12.1 Å². The number of hydrogen-bond acceptors (Lipinski definition) is 5. The number of rotatable bonds is 6. The third-order valence-electron chi connectivity index (χ3n) is 2.20. The van der Waals surface area contributed by atoms with Gasteiger partial charge in [0.1, 0.15) is 5.82 Å². The average Bonchev–Trinajstić information content (AvgIpc) is 2.37. The molecule has 0 fully saturated rings. The summed E-state index contributed by atoms with van der Waals surface area (Å²) in [6.07, 6.45) is -1.18. The van der Waals surface area contributed by atoms with Crippen molar-refractivity contribution >= 4 is 11.7 Å². The van der Waals surface area contributed by atoms with Crippen molar-refractivity contribution in [3.8, 4) is 0 Å². The van der Waals surface area contributed by atoms with Crippen molar-refractivity contribution in [1.82, 2.24) is 4.98 Å². The number of hydrogen-bond donors (Lipinski definition) is 3. The van der Waals surface area contributed by atoms with Crippen molar-refractivity contribution in [3.63, 3.8) is 0 Å². The first kappa shape index (κ1) is 14.1. The van der Waals surface area contributed by atoms with Crippen molar-refractivity contribution in [3.05, 3.63) is 23.9 Å². The van der Waals surface area contributed by atoms with Crippen LogP contribution in [-0.4, -0.2) is 47.3 Å². The van der Waals surface area contributed by atoms with E-state index < -0.39 is 13.0 Å². The highest BCUT2D eigenvalue weighted by molar-refractivity contribution is 6.01. The number of aliphatic hydroxyl groups excluding tert-OH is 1. The van der Waals surface area contributed by atoms with Gasteiger partial charge < -0.3 is 20.9 Å². The minimum Gasteiger partial charge on any atom is -0.409 e. The molecule has 4 N–H and O–H groups in total. The highest BCUT2D eigenvalue weighted by atomic mass is 19.3. The number of aromatic nitrogens is 1. The predicted octanol–water partition coefficient (Wildman–Crippen LogP) is 0.240. The zero-order chi connectivity index (χ0) is 13.5. The molecule has 1 aromatic rings. The molecule has 0 bridgehead atoms. The third kappa shape index (κ3) is 3.52. The Morgan fingerprint density at radius 2 is 2.28 bits per heavy atom. The van der Waals surface area contributed by atoms with E-state index in [1.165, 1.54) is 23.2 Å². The number of halogens is 2. The molecule has 1 aromatic heterocycles. The summed E-state index contributed by atoms with van der Waals surface area (Å²) in [7, 11) is 0. The summed E-state index contributed by atoms with van der Waals surface area (Å²) in [5, 5.41) is 20.3. The number of nitrogens with two attached hydrogens (primary N) is 1. The van der Waals surface area contributed by atoms with Crippen LogP contribution in [0.3, 0.4) is 0 Å². The zero-order valence-corrected chi connectivity index (χ0v) is 9.50. The minimum atomic E-state index is -2.58. The Morgan fingerprint density at radius 1 is 1.56 bits per heavy atom. The smallest absolute Gasteiger partial charge is 0.255 e. The van der Waals surface area contributed by atoms with Gasteiger partial charge in [0.15, 0.2) is 5.84 Å². The van der Waals surface area contributed by atoms with E-state index >= 15 is 0 Å². The predicted molar refractivity (Wildman–Crippen MR) is 62.1 cm³/mol. The Morgan fingerprint density at radius 3 is 2.83 bits per heavy atom. The maximum absolute atomic E-state index is 12.4. The maximum Gasteiger partial charge on any atom is 0.255 e. The van der Waals surface area contributed by atoms with Crippen molar-refractivity contribution in [1.29, 1.82) is 0 Å². The monoisotopic (exact) mass is 260 g/mol. The van der Waals surface area contributed by atoms with Gasteiger partial charge in [-0.25, -0.2) is 13.8 Å². The summed E-state index contributed by atoms with van der Waals surface area (Å²) in [6, 6.07) is 3.03. The molecular formula is C10H14F2N4O2. The molecule has 0 saturated carbocycles. The van der Waals surface area contributed by atoms with E-state index in [9.17, 15) is 8.78 Å². The fourth-order valence-electron chi connectivity index (χ4n) is 1.47. The van der Waals surface area contributed by atoms with E-state index in [2.05, 4.69) is 10.1 Å². The van der Waals surface area contributed by atoms with Gasteiger partial charge in [-0.3, -0.25) is 0 Å². The summed E-state index contributed by atoms with van der Waals surface area (Å²) in [6.45, 7) is -0.921. The third-order valence-corrected chi connectivity index (χ3v) is 2.20. The average molecular weight is 260 g/mol. The van der Waals surface area contributed by atoms with E-state index in [0.29, 0.717) is 0 Å². The van der Waals surface area contributed by atoms with Gasteiger partial charge >= 0.3 is 0 Å². The van der Waals surface area contributed by atoms with Crippen LogP contribution in [0.2, 0.25) is 0 Å². The van der Waals surface area contributed by atoms with Crippen LogP contribution in [0.5, 0.6) is 0 Å². The first-order chi connectivity index (χ1) is 8.60. The number of pyridine rings is 1. The number of aliphatic hydroxyl groups is 1. The largest absolute Gasteiger partial charge is 0.409 e. The summed E-state index contributed by atoms with van der Waals surface area (Å²) in [4.78, 5) is 5.11. The Hall–Kier alpha value is -1.96. The Bertz CT molecular complexity index is 415. The van der Waals surface area contributed by atoms with Crippen molar-refractivity contribution in [2.45, 2.75) is 6.43 Å². The van der Waals surface area contributed by atoms with Crippen LogP contribution >= 0.6 is 0 Å². The maximum atomic E-state index is 12.4. The second kappa shape index (κ2) is 6.70. The molecule has 0 aliphatic rings. The van der Waals surface area contributed by atoms with Gasteiger partial charge in [0.05, 0.1) is 18.7 Å². The van der Waals surface area contributed by atoms with Crippen molar-refractivity contribution in [2.75, 3.05) is 24.6 Å². The molecule has 0 aliphatic carbocycles. The van der Waals surface area contributed by atoms with Crippen LogP contribution in [-0.2, 0) is 0 Å². The summed E-state index contributed by atoms with van der Waals surface area (Å²) in [5.41, 5.74) is 5.67. The molecule has 6 nitrogen and oxygen atoms in total. The van der Waals surface area contributed by atoms with Gasteiger partial charge in [0.2, 0.25) is 0 Å². The molecular weight excluding hydrogens is 246 g/mol. The van der Waals surface area contributed by atoms with E-state index in [4.69, 9.17) is 16.0 Å². The number of oxime groups is 1. The van der Waals surface area contributed by atoms with E-state index in [0.717, 1.165) is 0 Å². The molecule has 1 rings (SSSR count). The Balaban J connectivity index is 3.10. The zero-order valence-electron chi connectivity index (χ0n) is 9.50. The van der Waals surface area contributed by atoms with Gasteiger partial charge in [-0.2, -0.15) is 0 Å². The number of amidine groups is 1. The van der Waals surface area contributed by atoms with Crippen LogP contribution in [0, 0.1) is 0 Å². The van der Waals surface area contributed by atoms with Crippen LogP contribution < -0.4 is 10.6 Å². The molecule has 0 aliphatic heterocycles. The molecule has 100 valence electrons. The van der Waals surface area contributed by atoms with E-state index in [1.807, 2.05) is 0 Å². The molecule has 0 atom stereocenters. The Kier molecular flexibility index (Phi) is 5.25. The lowest BCUT2D eigenvalue weighted by atomic mass is 10.2. The normalized spacial score (nSPS) is 11.9. The second-order valence-electron chi connectivity index (χ2n) is 3.42. The molecule has 0 spiro atoms. The number of anilines is 1. The highest BCUT2D eigenvalue weighted by Crippen LogP contribution is 2.17. The molecule has 0 saturated heterocycles. The Labute approximate surface area is 102 Å². The molecule has 1 heterocycles. The van der Waals surface area contributed by atoms with Crippen LogP contribution in [0.4, 0.5) is 14.6 Å². The summed E-state index contributed by atoms with van der Waals surface area (Å²) >= 11 is 0. The topological polar surface area (TPSA) is 95.0 Å². The van der Waals surface area contributed by atoms with Gasteiger partial charge in [-0.1, -0.05) is 5.16 Å². The lowest BCUT2D eigenvalue weighted by Crippen LogP contribution is -2.34. The first-order valence-corrected chi connectivity index (χ1v) is 5.17. The van der Waals surface area contributed by atoms with Crippen LogP contribution in [0.1, 0.15) is 5.56 Å². The first-order valence-electron chi connectivity index (χ1n) is 5.17. The van der Waals surface area contributed by atoms with Gasteiger partial charge in [0.25, 0.3) is 6.43 Å². The molecule has 0 unspecified atom stereocenters. The number of alkyl halides is 2. The second-order valence-corrected chi connectivity index (χ2v) is 3.42. The molecule has 18 heavy (non-hydrogen) atoms. The van der Waals surface area contributed by atoms with E-state index in [1.54, 1.807) is 0 Å². The molecule has 0 radical (unpaired) electrons. The van der Waals surface area contributed by atoms with Crippen LogP contribution in [0.15, 0.2) is 23.5 Å². The standard InChI is InChI=1S/C10H14F2N4O2/c11-8(12)6-16(4-5-17)10-7(9(13)15-18)2-1-3-14-10/h1-3,8,17-18H,4-6H2,(H2,13,15). The van der Waals surface area contributed by atoms with Crippen molar-refractivity contribution in [2.24, 2.45) is 10.9 Å². The lowest BCUT2D eigenvalue weighted by Gasteiger charge is -2.24. The van der Waals surface area contributed by atoms with Crippen molar-refractivity contribution < 1.29 is 19.1 Å². The lowest BCUT2D eigenvalue weighted by molar-refractivity contribution is 0.152. The SMILES string of the molecule is N/C(=N/O)c1cccnc1N(CCO)CC(F)F. The van der Waals surface area contributed by atoms with E-state index in [-0.39, 0.29) is 30.4 Å². The van der Waals surface area contributed by atoms with Gasteiger partial charge in [-0.15, -0.1) is 0 Å². The number of nitrogens with zero attached hydrogens (tertiary/aromatic N) is 3. The summed E-state index contributed by atoms with van der Waals surface area (Å²) < 4.78 is 24.9. The molecule has 8 heteroatoms. The quantitative estimate of drug-likeness (QED) is 0.295. The highest BCUT2D eigenvalue weighted by Gasteiger charge is 2.18. The fraction of sp³-hybridized carbons (Fsp3) is 0.400. The summed E-state index contributed by atoms with van der Waals surface area (Å²) in [5.74, 6) is -0.0857. The molecule has 0 amide bonds. The fourth-order valence-corrected chi connectivity index (χ4v) is 1.47. The van der Waals surface area contributed by atoms with Gasteiger partial charge in [0, 0.05) is 12.7 Å².